The second-order valence-corrected chi connectivity index (χ2v) is 8.33. The number of amides is 2. The third-order valence-corrected chi connectivity index (χ3v) is 5.85. The summed E-state index contributed by atoms with van der Waals surface area (Å²) in [5, 5.41) is 14.2. The number of nitrogens with one attached hydrogen (secondary N) is 1. The van der Waals surface area contributed by atoms with E-state index in [-0.39, 0.29) is 17.0 Å². The van der Waals surface area contributed by atoms with Crippen LogP contribution in [-0.4, -0.2) is 30.8 Å². The molecule has 0 unspecified atom stereocenters. The first kappa shape index (κ1) is 22.7. The van der Waals surface area contributed by atoms with Crippen molar-refractivity contribution in [3.05, 3.63) is 99.2 Å². The average Bonchev–Trinajstić information content (AvgIpc) is 3.05. The van der Waals surface area contributed by atoms with Crippen LogP contribution in [-0.2, 0) is 9.59 Å². The molecule has 1 heterocycles. The summed E-state index contributed by atoms with van der Waals surface area (Å²) >= 11 is 0. The van der Waals surface area contributed by atoms with E-state index in [4.69, 9.17) is 0 Å². The summed E-state index contributed by atoms with van der Waals surface area (Å²) in [6.45, 7) is 3.87. The number of non-ortho nitro benzene ring substituents is 1. The Labute approximate surface area is 197 Å². The second kappa shape index (κ2) is 8.82. The minimum absolute atomic E-state index is 0.0964. The van der Waals surface area contributed by atoms with Crippen LogP contribution in [0.2, 0.25) is 0 Å². The molecule has 0 saturated heterocycles. The molecule has 0 aromatic heterocycles. The van der Waals surface area contributed by atoms with Gasteiger partial charge < -0.3 is 10.2 Å². The van der Waals surface area contributed by atoms with Crippen LogP contribution in [0, 0.1) is 24.0 Å². The minimum Gasteiger partial charge on any atom is -0.378 e. The number of nitrogens with zero attached hydrogens (tertiary/aromatic N) is 3. The summed E-state index contributed by atoms with van der Waals surface area (Å²) in [5.41, 5.74) is 4.70. The molecular weight excluding hydrogens is 432 g/mol. The van der Waals surface area contributed by atoms with E-state index in [1.54, 1.807) is 12.1 Å². The molecule has 0 fully saturated rings. The maximum atomic E-state index is 13.5. The number of carbonyl (C=O) groups is 2. The van der Waals surface area contributed by atoms with Crippen molar-refractivity contribution >= 4 is 40.1 Å². The summed E-state index contributed by atoms with van der Waals surface area (Å²) < 4.78 is 0. The topological polar surface area (TPSA) is 95.8 Å². The Morgan fingerprint density at radius 3 is 2.06 bits per heavy atom. The van der Waals surface area contributed by atoms with Gasteiger partial charge in [-0.05, 0) is 79.1 Å². The Hall–Kier alpha value is -4.46. The minimum atomic E-state index is -0.507. The summed E-state index contributed by atoms with van der Waals surface area (Å²) in [6, 6.07) is 18.5. The maximum absolute atomic E-state index is 13.5. The lowest BCUT2D eigenvalue weighted by molar-refractivity contribution is -0.384. The number of imide groups is 1. The van der Waals surface area contributed by atoms with Crippen LogP contribution >= 0.6 is 0 Å². The van der Waals surface area contributed by atoms with Crippen molar-refractivity contribution in [1.29, 1.82) is 0 Å². The van der Waals surface area contributed by atoms with Crippen LogP contribution < -0.4 is 15.1 Å². The summed E-state index contributed by atoms with van der Waals surface area (Å²) in [5.74, 6) is -0.979. The van der Waals surface area contributed by atoms with Crippen molar-refractivity contribution in [2.75, 3.05) is 29.2 Å². The lowest BCUT2D eigenvalue weighted by atomic mass is 10.0. The summed E-state index contributed by atoms with van der Waals surface area (Å²) in [4.78, 5) is 40.7. The molecule has 0 atom stereocenters. The van der Waals surface area contributed by atoms with Gasteiger partial charge in [0.1, 0.15) is 5.70 Å². The molecule has 4 rings (SSSR count). The van der Waals surface area contributed by atoms with Crippen LogP contribution in [0.1, 0.15) is 16.7 Å². The van der Waals surface area contributed by atoms with Gasteiger partial charge in [-0.25, -0.2) is 4.90 Å². The molecule has 0 bridgehead atoms. The van der Waals surface area contributed by atoms with Gasteiger partial charge in [0.15, 0.2) is 0 Å². The molecule has 0 spiro atoms. The van der Waals surface area contributed by atoms with Crippen molar-refractivity contribution in [3.8, 4) is 0 Å². The molecule has 172 valence electrons. The standard InChI is InChI=1S/C26H24N4O4/c1-16-5-10-22(15-17(16)2)29-25(31)23(18-6-11-21(12-7-18)30(33)34)24(26(29)32)27-19-8-13-20(14-9-19)28(3)4/h5-15,27H,1-4H3. The maximum Gasteiger partial charge on any atom is 0.282 e. The highest BCUT2D eigenvalue weighted by Gasteiger charge is 2.40. The molecule has 0 radical (unpaired) electrons. The molecule has 8 heteroatoms. The van der Waals surface area contributed by atoms with E-state index in [1.807, 2.05) is 63.2 Å². The Morgan fingerprint density at radius 2 is 1.50 bits per heavy atom. The van der Waals surface area contributed by atoms with E-state index >= 15 is 0 Å². The fraction of sp³-hybridized carbons (Fsp3) is 0.154. The Bertz CT molecular complexity index is 1330. The van der Waals surface area contributed by atoms with Crippen LogP contribution in [0.4, 0.5) is 22.7 Å². The number of benzene rings is 3. The van der Waals surface area contributed by atoms with Crippen molar-refractivity contribution in [2.24, 2.45) is 0 Å². The predicted octanol–water partition coefficient (Wildman–Crippen LogP) is 4.67. The number of aryl methyl sites for hydroxylation is 2. The van der Waals surface area contributed by atoms with Crippen molar-refractivity contribution < 1.29 is 14.5 Å². The van der Waals surface area contributed by atoms with Crippen LogP contribution in [0.3, 0.4) is 0 Å². The van der Waals surface area contributed by atoms with Gasteiger partial charge in [0.25, 0.3) is 17.5 Å². The number of rotatable bonds is 6. The van der Waals surface area contributed by atoms with E-state index in [9.17, 15) is 19.7 Å². The molecular formula is C26H24N4O4. The normalized spacial score (nSPS) is 13.5. The van der Waals surface area contributed by atoms with Gasteiger partial charge in [0.05, 0.1) is 16.2 Å². The van der Waals surface area contributed by atoms with E-state index < -0.39 is 16.7 Å². The zero-order valence-corrected chi connectivity index (χ0v) is 19.3. The molecule has 1 aliphatic rings. The fourth-order valence-corrected chi connectivity index (χ4v) is 3.75. The quantitative estimate of drug-likeness (QED) is 0.329. The van der Waals surface area contributed by atoms with E-state index in [1.165, 1.54) is 24.3 Å². The number of anilines is 3. The smallest absolute Gasteiger partial charge is 0.282 e. The first-order valence-electron chi connectivity index (χ1n) is 10.7. The first-order valence-corrected chi connectivity index (χ1v) is 10.7. The first-order chi connectivity index (χ1) is 16.2. The number of carbonyl (C=O) groups excluding carboxylic acids is 2. The van der Waals surface area contributed by atoms with Gasteiger partial charge >= 0.3 is 0 Å². The van der Waals surface area contributed by atoms with Gasteiger partial charge in [0, 0.05) is 37.6 Å². The molecule has 3 aromatic rings. The molecule has 1 aliphatic heterocycles. The zero-order valence-electron chi connectivity index (χ0n) is 19.3. The van der Waals surface area contributed by atoms with Gasteiger partial charge in [-0.2, -0.15) is 0 Å². The van der Waals surface area contributed by atoms with Gasteiger partial charge in [0.2, 0.25) is 0 Å². The summed E-state index contributed by atoms with van der Waals surface area (Å²) in [7, 11) is 3.86. The molecule has 34 heavy (non-hydrogen) atoms. The average molecular weight is 457 g/mol. The molecule has 0 aliphatic carbocycles. The van der Waals surface area contributed by atoms with Crippen LogP contribution in [0.25, 0.3) is 5.57 Å². The number of nitro groups is 1. The monoisotopic (exact) mass is 456 g/mol. The SMILES string of the molecule is Cc1ccc(N2C(=O)C(Nc3ccc(N(C)C)cc3)=C(c3ccc([N+](=O)[O-])cc3)C2=O)cc1C. The second-order valence-electron chi connectivity index (χ2n) is 8.33. The highest BCUT2D eigenvalue weighted by atomic mass is 16.6. The zero-order chi connectivity index (χ0) is 24.6. The van der Waals surface area contributed by atoms with E-state index in [0.29, 0.717) is 16.9 Å². The Kier molecular flexibility index (Phi) is 5.89. The summed E-state index contributed by atoms with van der Waals surface area (Å²) in [6.07, 6.45) is 0. The van der Waals surface area contributed by atoms with Gasteiger partial charge in [-0.1, -0.05) is 6.07 Å². The van der Waals surface area contributed by atoms with Crippen molar-refractivity contribution in [1.82, 2.24) is 0 Å². The lowest BCUT2D eigenvalue weighted by Crippen LogP contribution is -2.32. The molecule has 3 aromatic carbocycles. The molecule has 1 N–H and O–H groups in total. The van der Waals surface area contributed by atoms with Gasteiger partial charge in [-0.3, -0.25) is 19.7 Å². The van der Waals surface area contributed by atoms with Crippen molar-refractivity contribution in [2.45, 2.75) is 13.8 Å². The predicted molar refractivity (Wildman–Crippen MR) is 133 cm³/mol. The van der Waals surface area contributed by atoms with E-state index in [0.717, 1.165) is 21.7 Å². The van der Waals surface area contributed by atoms with E-state index in [2.05, 4.69) is 5.32 Å². The fourth-order valence-electron chi connectivity index (χ4n) is 3.75. The lowest BCUT2D eigenvalue weighted by Gasteiger charge is -2.17. The molecule has 8 nitrogen and oxygen atoms in total. The van der Waals surface area contributed by atoms with Crippen LogP contribution in [0.5, 0.6) is 0 Å². The third kappa shape index (κ3) is 4.13. The Balaban J connectivity index is 1.79. The highest BCUT2D eigenvalue weighted by molar-refractivity contribution is 6.46. The molecule has 0 saturated carbocycles. The van der Waals surface area contributed by atoms with Crippen molar-refractivity contribution in [3.63, 3.8) is 0 Å². The van der Waals surface area contributed by atoms with Gasteiger partial charge in [-0.15, -0.1) is 0 Å². The largest absolute Gasteiger partial charge is 0.378 e. The number of hydrogen-bond donors (Lipinski definition) is 1. The highest BCUT2D eigenvalue weighted by Crippen LogP contribution is 2.35. The number of hydrogen-bond acceptors (Lipinski definition) is 6. The Morgan fingerprint density at radius 1 is 0.853 bits per heavy atom. The third-order valence-electron chi connectivity index (χ3n) is 5.85. The number of nitro benzene ring substituents is 1. The molecule has 2 amide bonds. The van der Waals surface area contributed by atoms with Crippen LogP contribution in [0.15, 0.2) is 72.4 Å².